The van der Waals surface area contributed by atoms with Gasteiger partial charge < -0.3 is 5.32 Å². The number of aryl methyl sites for hydroxylation is 1. The molecule has 0 radical (unpaired) electrons. The number of hydrogen-bond acceptors (Lipinski definition) is 5. The Balaban J connectivity index is 1.83. The van der Waals surface area contributed by atoms with E-state index in [1.165, 1.54) is 4.57 Å². The first-order valence-corrected chi connectivity index (χ1v) is 7.93. The van der Waals surface area contributed by atoms with Crippen molar-refractivity contribution >= 4 is 29.4 Å². The number of hydrogen-bond donors (Lipinski definition) is 3. The van der Waals surface area contributed by atoms with Gasteiger partial charge in [-0.25, -0.2) is 14.7 Å². The molecule has 0 atom stereocenters. The number of carbonyl (C=O) groups is 2. The fraction of sp³-hybridized carbons (Fsp3) is 0.286. The zero-order valence-electron chi connectivity index (χ0n) is 12.8. The Kier molecular flexibility index (Phi) is 5.58. The lowest BCUT2D eigenvalue weighted by Gasteiger charge is -2.07. The molecule has 0 spiro atoms. The minimum absolute atomic E-state index is 0.0222. The third kappa shape index (κ3) is 4.71. The molecule has 1 aromatic carbocycles. The average Bonchev–Trinajstić information content (AvgIpc) is 2.87. The Morgan fingerprint density at radius 1 is 1.30 bits per heavy atom. The fourth-order valence-electron chi connectivity index (χ4n) is 1.78. The Labute approximate surface area is 136 Å². The van der Waals surface area contributed by atoms with Crippen molar-refractivity contribution in [1.82, 2.24) is 20.1 Å². The van der Waals surface area contributed by atoms with Crippen LogP contribution in [0, 0.1) is 6.92 Å². The molecule has 3 amide bonds. The normalized spacial score (nSPS) is 10.3. The largest absolute Gasteiger partial charge is 0.343 e. The SMILES string of the molecule is CCn1c(SCC(=O)NC(=O)Nc2ccc(C)cc2)n[nH]c1=O. The first kappa shape index (κ1) is 16.8. The summed E-state index contributed by atoms with van der Waals surface area (Å²) in [7, 11) is 0. The number of nitrogens with zero attached hydrogens (tertiary/aromatic N) is 2. The first-order valence-electron chi connectivity index (χ1n) is 6.95. The van der Waals surface area contributed by atoms with Crippen LogP contribution < -0.4 is 16.3 Å². The van der Waals surface area contributed by atoms with Crippen molar-refractivity contribution in [2.45, 2.75) is 25.5 Å². The summed E-state index contributed by atoms with van der Waals surface area (Å²) in [5, 5.41) is 11.3. The van der Waals surface area contributed by atoms with Crippen LogP contribution in [0.1, 0.15) is 12.5 Å². The third-order valence-corrected chi connectivity index (χ3v) is 3.91. The molecule has 0 unspecified atom stereocenters. The Morgan fingerprint density at radius 2 is 2.00 bits per heavy atom. The van der Waals surface area contributed by atoms with Crippen LogP contribution in [0.3, 0.4) is 0 Å². The smallest absolute Gasteiger partial charge is 0.308 e. The standard InChI is InChI=1S/C14H17N5O3S/c1-3-19-13(22)17-18-14(19)23-8-11(20)16-12(21)15-10-6-4-9(2)5-7-10/h4-7H,3,8H2,1-2H3,(H,17,22)(H2,15,16,20,21). The van der Waals surface area contributed by atoms with E-state index in [-0.39, 0.29) is 11.4 Å². The van der Waals surface area contributed by atoms with Crippen LogP contribution in [0.4, 0.5) is 10.5 Å². The van der Waals surface area contributed by atoms with E-state index in [0.29, 0.717) is 17.4 Å². The van der Waals surface area contributed by atoms with E-state index >= 15 is 0 Å². The van der Waals surface area contributed by atoms with Crippen LogP contribution in [0.2, 0.25) is 0 Å². The van der Waals surface area contributed by atoms with Crippen LogP contribution >= 0.6 is 11.8 Å². The number of rotatable bonds is 5. The number of imide groups is 1. The van der Waals surface area contributed by atoms with Gasteiger partial charge in [0.2, 0.25) is 5.91 Å². The monoisotopic (exact) mass is 335 g/mol. The van der Waals surface area contributed by atoms with Crippen molar-refractivity contribution in [2.75, 3.05) is 11.1 Å². The zero-order valence-corrected chi connectivity index (χ0v) is 13.6. The van der Waals surface area contributed by atoms with Gasteiger partial charge in [0, 0.05) is 12.2 Å². The number of aromatic nitrogens is 3. The molecule has 0 saturated carbocycles. The molecule has 0 fully saturated rings. The maximum atomic E-state index is 11.8. The molecule has 2 aromatic rings. The fourth-order valence-corrected chi connectivity index (χ4v) is 2.59. The van der Waals surface area contributed by atoms with Gasteiger partial charge in [-0.3, -0.25) is 14.7 Å². The van der Waals surface area contributed by atoms with Gasteiger partial charge >= 0.3 is 11.7 Å². The van der Waals surface area contributed by atoms with E-state index in [4.69, 9.17) is 0 Å². The van der Waals surface area contributed by atoms with Crippen LogP contribution in [0.15, 0.2) is 34.2 Å². The van der Waals surface area contributed by atoms with E-state index in [0.717, 1.165) is 17.3 Å². The maximum absolute atomic E-state index is 11.8. The van der Waals surface area contributed by atoms with E-state index in [1.54, 1.807) is 19.1 Å². The predicted octanol–water partition coefficient (Wildman–Crippen LogP) is 1.34. The number of carbonyl (C=O) groups excluding carboxylic acids is 2. The molecule has 122 valence electrons. The van der Waals surface area contributed by atoms with Gasteiger partial charge in [0.15, 0.2) is 5.16 Å². The summed E-state index contributed by atoms with van der Waals surface area (Å²) in [6, 6.07) is 6.61. The van der Waals surface area contributed by atoms with Gasteiger partial charge in [-0.2, -0.15) is 0 Å². The molecule has 2 rings (SSSR count). The molecule has 3 N–H and O–H groups in total. The lowest BCUT2D eigenvalue weighted by Crippen LogP contribution is -2.35. The average molecular weight is 335 g/mol. The number of amides is 3. The molecule has 1 heterocycles. The number of H-pyrrole nitrogens is 1. The number of anilines is 1. The summed E-state index contributed by atoms with van der Waals surface area (Å²) in [6.07, 6.45) is 0. The van der Waals surface area contributed by atoms with Crippen molar-refractivity contribution < 1.29 is 9.59 Å². The molecule has 0 aliphatic rings. The highest BCUT2D eigenvalue weighted by atomic mass is 32.2. The summed E-state index contributed by atoms with van der Waals surface area (Å²) >= 11 is 1.08. The van der Waals surface area contributed by atoms with Crippen LogP contribution in [-0.2, 0) is 11.3 Å². The molecule has 0 aliphatic carbocycles. The number of aromatic amines is 1. The highest BCUT2D eigenvalue weighted by Crippen LogP contribution is 2.12. The number of nitrogens with one attached hydrogen (secondary N) is 3. The van der Waals surface area contributed by atoms with Crippen LogP contribution in [0.5, 0.6) is 0 Å². The lowest BCUT2D eigenvalue weighted by atomic mass is 10.2. The van der Waals surface area contributed by atoms with E-state index < -0.39 is 11.9 Å². The van der Waals surface area contributed by atoms with E-state index in [2.05, 4.69) is 20.8 Å². The number of thioether (sulfide) groups is 1. The molecule has 9 heteroatoms. The molecule has 0 aliphatic heterocycles. The molecule has 23 heavy (non-hydrogen) atoms. The topological polar surface area (TPSA) is 109 Å². The van der Waals surface area contributed by atoms with Gasteiger partial charge in [0.25, 0.3) is 0 Å². The molecule has 0 bridgehead atoms. The minimum Gasteiger partial charge on any atom is -0.308 e. The molecule has 0 saturated heterocycles. The van der Waals surface area contributed by atoms with E-state index in [9.17, 15) is 14.4 Å². The van der Waals surface area contributed by atoms with Gasteiger partial charge in [0.1, 0.15) is 0 Å². The number of urea groups is 1. The van der Waals surface area contributed by atoms with Crippen LogP contribution in [0.25, 0.3) is 0 Å². The summed E-state index contributed by atoms with van der Waals surface area (Å²) in [5.41, 5.74) is 1.35. The van der Waals surface area contributed by atoms with Crippen LogP contribution in [-0.4, -0.2) is 32.5 Å². The van der Waals surface area contributed by atoms with Gasteiger partial charge in [0.05, 0.1) is 5.75 Å². The first-order chi connectivity index (χ1) is 11.0. The highest BCUT2D eigenvalue weighted by Gasteiger charge is 2.12. The predicted molar refractivity (Wildman–Crippen MR) is 87.6 cm³/mol. The zero-order chi connectivity index (χ0) is 16.8. The van der Waals surface area contributed by atoms with Crippen molar-refractivity contribution in [1.29, 1.82) is 0 Å². The second-order valence-corrected chi connectivity index (χ2v) is 5.66. The molecule has 8 nitrogen and oxygen atoms in total. The Hall–Kier alpha value is -2.55. The van der Waals surface area contributed by atoms with Gasteiger partial charge in [-0.05, 0) is 26.0 Å². The molecule has 1 aromatic heterocycles. The second-order valence-electron chi connectivity index (χ2n) is 4.71. The minimum atomic E-state index is -0.602. The molecular formula is C14H17N5O3S. The summed E-state index contributed by atoms with van der Waals surface area (Å²) in [5.74, 6) is -0.497. The summed E-state index contributed by atoms with van der Waals surface area (Å²) in [4.78, 5) is 34.9. The van der Waals surface area contributed by atoms with Crippen molar-refractivity contribution in [2.24, 2.45) is 0 Å². The quantitative estimate of drug-likeness (QED) is 0.715. The highest BCUT2D eigenvalue weighted by molar-refractivity contribution is 7.99. The second kappa shape index (κ2) is 7.63. The van der Waals surface area contributed by atoms with Gasteiger partial charge in [-0.15, -0.1) is 5.10 Å². The Bertz CT molecular complexity index is 751. The lowest BCUT2D eigenvalue weighted by molar-refractivity contribution is -0.117. The van der Waals surface area contributed by atoms with Crippen molar-refractivity contribution in [3.63, 3.8) is 0 Å². The molecular weight excluding hydrogens is 318 g/mol. The number of benzene rings is 1. The Morgan fingerprint density at radius 3 is 2.65 bits per heavy atom. The third-order valence-electron chi connectivity index (χ3n) is 2.93. The van der Waals surface area contributed by atoms with E-state index in [1.807, 2.05) is 19.1 Å². The van der Waals surface area contributed by atoms with Gasteiger partial charge in [-0.1, -0.05) is 29.5 Å². The summed E-state index contributed by atoms with van der Waals surface area (Å²) in [6.45, 7) is 4.19. The summed E-state index contributed by atoms with van der Waals surface area (Å²) < 4.78 is 1.41. The maximum Gasteiger partial charge on any atom is 0.343 e. The van der Waals surface area contributed by atoms with Crippen molar-refractivity contribution in [3.8, 4) is 0 Å². The van der Waals surface area contributed by atoms with Crippen molar-refractivity contribution in [3.05, 3.63) is 40.3 Å².